The predicted molar refractivity (Wildman–Crippen MR) is 64.8 cm³/mol. The normalized spacial score (nSPS) is 10.3. The van der Waals surface area contributed by atoms with Crippen LogP contribution in [0.4, 0.5) is 8.78 Å². The van der Waals surface area contributed by atoms with Gasteiger partial charge in [0, 0.05) is 10.5 Å². The number of ether oxygens (including phenoxy) is 1. The number of rotatable bonds is 3. The number of benzene rings is 2. The van der Waals surface area contributed by atoms with E-state index in [9.17, 15) is 8.78 Å². The van der Waals surface area contributed by atoms with E-state index < -0.39 is 11.6 Å². The van der Waals surface area contributed by atoms with E-state index in [2.05, 4.69) is 15.9 Å². The minimum absolute atomic E-state index is 0.0760. The first-order chi connectivity index (χ1) is 8.15. The lowest BCUT2D eigenvalue weighted by Crippen LogP contribution is -1.97. The van der Waals surface area contributed by atoms with Gasteiger partial charge in [-0.05, 0) is 29.8 Å². The number of hydrogen-bond acceptors (Lipinski definition) is 1. The van der Waals surface area contributed by atoms with Crippen LogP contribution >= 0.6 is 15.9 Å². The molecule has 0 bridgehead atoms. The van der Waals surface area contributed by atoms with Crippen LogP contribution in [0.1, 0.15) is 5.56 Å². The summed E-state index contributed by atoms with van der Waals surface area (Å²) >= 11 is 3.31. The monoisotopic (exact) mass is 298 g/mol. The lowest BCUT2D eigenvalue weighted by Gasteiger charge is -2.07. The maximum absolute atomic E-state index is 13.2. The van der Waals surface area contributed by atoms with Gasteiger partial charge in [-0.25, -0.2) is 8.78 Å². The average molecular weight is 299 g/mol. The van der Waals surface area contributed by atoms with E-state index in [1.54, 1.807) is 0 Å². The molecule has 0 fully saturated rings. The summed E-state index contributed by atoms with van der Waals surface area (Å²) in [6.45, 7) is 0.202. The van der Waals surface area contributed by atoms with Crippen molar-refractivity contribution in [1.82, 2.24) is 0 Å². The Morgan fingerprint density at radius 2 is 1.71 bits per heavy atom. The molecule has 88 valence electrons. The van der Waals surface area contributed by atoms with E-state index in [4.69, 9.17) is 4.74 Å². The molecule has 2 rings (SSSR count). The van der Waals surface area contributed by atoms with Gasteiger partial charge < -0.3 is 4.74 Å². The Kier molecular flexibility index (Phi) is 3.74. The summed E-state index contributed by atoms with van der Waals surface area (Å²) in [6, 6.07) is 10.6. The summed E-state index contributed by atoms with van der Waals surface area (Å²) in [5, 5.41) is 0. The van der Waals surface area contributed by atoms with Crippen LogP contribution in [0.5, 0.6) is 5.75 Å². The zero-order valence-electron chi connectivity index (χ0n) is 8.79. The zero-order valence-corrected chi connectivity index (χ0v) is 10.4. The minimum atomic E-state index is -0.566. The van der Waals surface area contributed by atoms with Gasteiger partial charge in [0.05, 0.1) is 0 Å². The molecule has 4 heteroatoms. The molecule has 2 aromatic rings. The molecule has 0 aliphatic heterocycles. The van der Waals surface area contributed by atoms with Gasteiger partial charge in [-0.1, -0.05) is 28.1 Å². The molecule has 0 saturated carbocycles. The molecular weight excluding hydrogens is 290 g/mol. The molecule has 17 heavy (non-hydrogen) atoms. The third kappa shape index (κ3) is 3.27. The predicted octanol–water partition coefficient (Wildman–Crippen LogP) is 4.31. The second-order valence-electron chi connectivity index (χ2n) is 3.49. The Morgan fingerprint density at radius 3 is 2.41 bits per heavy atom. The van der Waals surface area contributed by atoms with E-state index >= 15 is 0 Å². The van der Waals surface area contributed by atoms with Crippen LogP contribution in [0.25, 0.3) is 0 Å². The third-order valence-corrected chi connectivity index (χ3v) is 2.73. The second kappa shape index (κ2) is 5.27. The highest BCUT2D eigenvalue weighted by atomic mass is 79.9. The highest BCUT2D eigenvalue weighted by Crippen LogP contribution is 2.19. The standard InChI is InChI=1S/C13H9BrF2O/c14-10-3-1-9(2-4-10)8-17-13-7-11(15)5-6-12(13)16/h1-7H,8H2. The molecule has 0 amide bonds. The third-order valence-electron chi connectivity index (χ3n) is 2.20. The minimum Gasteiger partial charge on any atom is -0.486 e. The molecule has 0 heterocycles. The van der Waals surface area contributed by atoms with E-state index in [1.165, 1.54) is 0 Å². The number of halogens is 3. The fourth-order valence-electron chi connectivity index (χ4n) is 1.33. The summed E-state index contributed by atoms with van der Waals surface area (Å²) < 4.78 is 32.3. The molecule has 0 unspecified atom stereocenters. The summed E-state index contributed by atoms with van der Waals surface area (Å²) in [5.41, 5.74) is 0.886. The fourth-order valence-corrected chi connectivity index (χ4v) is 1.59. The molecular formula is C13H9BrF2O. The lowest BCUT2D eigenvalue weighted by atomic mass is 10.2. The average Bonchev–Trinajstić information content (AvgIpc) is 2.32. The zero-order chi connectivity index (χ0) is 12.3. The molecule has 0 N–H and O–H groups in total. The Bertz CT molecular complexity index is 511. The van der Waals surface area contributed by atoms with Crippen LogP contribution in [0, 0.1) is 11.6 Å². The first-order valence-electron chi connectivity index (χ1n) is 4.97. The summed E-state index contributed by atoms with van der Waals surface area (Å²) in [4.78, 5) is 0. The SMILES string of the molecule is Fc1ccc(F)c(OCc2ccc(Br)cc2)c1. The highest BCUT2D eigenvalue weighted by molar-refractivity contribution is 9.10. The maximum Gasteiger partial charge on any atom is 0.165 e. The van der Waals surface area contributed by atoms with Crippen molar-refractivity contribution in [3.8, 4) is 5.75 Å². The summed E-state index contributed by atoms with van der Waals surface area (Å²) in [5.74, 6) is -1.16. The smallest absolute Gasteiger partial charge is 0.165 e. The van der Waals surface area contributed by atoms with Crippen molar-refractivity contribution in [2.24, 2.45) is 0 Å². The van der Waals surface area contributed by atoms with Gasteiger partial charge in [0.25, 0.3) is 0 Å². The Balaban J connectivity index is 2.07. The van der Waals surface area contributed by atoms with E-state index in [-0.39, 0.29) is 12.4 Å². The van der Waals surface area contributed by atoms with Gasteiger partial charge in [0.1, 0.15) is 12.4 Å². The van der Waals surface area contributed by atoms with Crippen LogP contribution in [-0.4, -0.2) is 0 Å². The van der Waals surface area contributed by atoms with Crippen molar-refractivity contribution in [2.75, 3.05) is 0 Å². The molecule has 0 saturated heterocycles. The van der Waals surface area contributed by atoms with Crippen LogP contribution in [0.3, 0.4) is 0 Å². The van der Waals surface area contributed by atoms with Crippen molar-refractivity contribution in [3.63, 3.8) is 0 Å². The van der Waals surface area contributed by atoms with Crippen molar-refractivity contribution < 1.29 is 13.5 Å². The Labute approximate surface area is 106 Å². The first-order valence-corrected chi connectivity index (χ1v) is 5.77. The Morgan fingerprint density at radius 1 is 1.00 bits per heavy atom. The van der Waals surface area contributed by atoms with Gasteiger partial charge in [-0.15, -0.1) is 0 Å². The molecule has 2 aromatic carbocycles. The van der Waals surface area contributed by atoms with Gasteiger partial charge in [0.2, 0.25) is 0 Å². The quantitative estimate of drug-likeness (QED) is 0.820. The first kappa shape index (κ1) is 12.0. The lowest BCUT2D eigenvalue weighted by molar-refractivity contribution is 0.288. The van der Waals surface area contributed by atoms with Crippen LogP contribution in [0.2, 0.25) is 0 Å². The van der Waals surface area contributed by atoms with E-state index in [0.717, 1.165) is 28.2 Å². The topological polar surface area (TPSA) is 9.23 Å². The fraction of sp³-hybridized carbons (Fsp3) is 0.0769. The molecule has 0 aromatic heterocycles. The van der Waals surface area contributed by atoms with Crippen LogP contribution in [0.15, 0.2) is 46.9 Å². The van der Waals surface area contributed by atoms with Gasteiger partial charge >= 0.3 is 0 Å². The van der Waals surface area contributed by atoms with Crippen LogP contribution < -0.4 is 4.74 Å². The van der Waals surface area contributed by atoms with Gasteiger partial charge in [-0.2, -0.15) is 0 Å². The molecule has 1 nitrogen and oxygen atoms in total. The van der Waals surface area contributed by atoms with Crippen molar-refractivity contribution >= 4 is 15.9 Å². The van der Waals surface area contributed by atoms with Gasteiger partial charge in [0.15, 0.2) is 11.6 Å². The van der Waals surface area contributed by atoms with Crippen molar-refractivity contribution in [2.45, 2.75) is 6.61 Å². The van der Waals surface area contributed by atoms with E-state index in [1.807, 2.05) is 24.3 Å². The molecule has 0 radical (unpaired) electrons. The largest absolute Gasteiger partial charge is 0.486 e. The van der Waals surface area contributed by atoms with Crippen molar-refractivity contribution in [1.29, 1.82) is 0 Å². The maximum atomic E-state index is 13.2. The summed E-state index contributed by atoms with van der Waals surface area (Å²) in [7, 11) is 0. The summed E-state index contributed by atoms with van der Waals surface area (Å²) in [6.07, 6.45) is 0. The molecule has 0 spiro atoms. The second-order valence-corrected chi connectivity index (χ2v) is 4.41. The molecule has 0 atom stereocenters. The van der Waals surface area contributed by atoms with Crippen molar-refractivity contribution in [3.05, 3.63) is 64.1 Å². The number of hydrogen-bond donors (Lipinski definition) is 0. The highest BCUT2D eigenvalue weighted by Gasteiger charge is 2.05. The molecule has 0 aliphatic rings. The van der Waals surface area contributed by atoms with Crippen LogP contribution in [-0.2, 0) is 6.61 Å². The molecule has 0 aliphatic carbocycles. The van der Waals surface area contributed by atoms with Gasteiger partial charge in [-0.3, -0.25) is 0 Å². The van der Waals surface area contributed by atoms with E-state index in [0.29, 0.717) is 0 Å². The Hall–Kier alpha value is -1.42.